The van der Waals surface area contributed by atoms with E-state index in [1.54, 1.807) is 0 Å². The van der Waals surface area contributed by atoms with E-state index in [1.165, 1.54) is 18.3 Å². The molecule has 5 heteroatoms. The van der Waals surface area contributed by atoms with Gasteiger partial charge < -0.3 is 5.32 Å². The van der Waals surface area contributed by atoms with Crippen molar-refractivity contribution < 1.29 is 4.79 Å². The Labute approximate surface area is 68.7 Å². The van der Waals surface area contributed by atoms with E-state index in [4.69, 9.17) is 0 Å². The van der Waals surface area contributed by atoms with E-state index in [0.29, 0.717) is 6.54 Å². The predicted octanol–water partition coefficient (Wildman–Crippen LogP) is 0.483. The number of amides is 1. The van der Waals surface area contributed by atoms with E-state index >= 15 is 0 Å². The fraction of sp³-hybridized carbons (Fsp3) is 0.500. The van der Waals surface area contributed by atoms with Crippen LogP contribution < -0.4 is 5.32 Å². The van der Waals surface area contributed by atoms with Crippen molar-refractivity contribution in [3.63, 3.8) is 0 Å². The third-order valence-corrected chi connectivity index (χ3v) is 1.90. The molecule has 1 aromatic rings. The molecule has 0 aliphatic heterocycles. The van der Waals surface area contributed by atoms with Gasteiger partial charge in [-0.1, -0.05) is 11.3 Å². The summed E-state index contributed by atoms with van der Waals surface area (Å²) in [6.07, 6.45) is 0. The van der Waals surface area contributed by atoms with Gasteiger partial charge in [0.1, 0.15) is 10.0 Å². The Morgan fingerprint density at radius 3 is 2.82 bits per heavy atom. The number of carbonyl (C=O) groups excluding carboxylic acids is 1. The second kappa shape index (κ2) is 3.43. The molecule has 60 valence electrons. The zero-order chi connectivity index (χ0) is 8.27. The minimum Gasteiger partial charge on any atom is -0.350 e. The average molecular weight is 171 g/mol. The minimum absolute atomic E-state index is 0.0437. The first-order valence-electron chi connectivity index (χ1n) is 3.22. The fourth-order valence-electron chi connectivity index (χ4n) is 0.609. The molecule has 1 amide bonds. The van der Waals surface area contributed by atoms with Crippen LogP contribution in [0.2, 0.25) is 0 Å². The summed E-state index contributed by atoms with van der Waals surface area (Å²) in [4.78, 5) is 10.5. The number of aryl methyl sites for hydroxylation is 1. The second-order valence-electron chi connectivity index (χ2n) is 2.12. The molecule has 1 heterocycles. The molecule has 0 unspecified atom stereocenters. The zero-order valence-electron chi connectivity index (χ0n) is 6.42. The first kappa shape index (κ1) is 8.13. The predicted molar refractivity (Wildman–Crippen MR) is 42.2 cm³/mol. The fourth-order valence-corrected chi connectivity index (χ4v) is 1.26. The lowest BCUT2D eigenvalue weighted by molar-refractivity contribution is -0.119. The van der Waals surface area contributed by atoms with Crippen LogP contribution in [0.15, 0.2) is 0 Å². The van der Waals surface area contributed by atoms with E-state index in [0.717, 1.165) is 10.0 Å². The van der Waals surface area contributed by atoms with Crippen LogP contribution in [0.5, 0.6) is 0 Å². The Morgan fingerprint density at radius 1 is 1.64 bits per heavy atom. The van der Waals surface area contributed by atoms with E-state index in [1.807, 2.05) is 6.92 Å². The Kier molecular flexibility index (Phi) is 2.53. The maximum atomic E-state index is 10.5. The van der Waals surface area contributed by atoms with Gasteiger partial charge in [-0.25, -0.2) is 0 Å². The molecule has 1 N–H and O–H groups in total. The summed E-state index contributed by atoms with van der Waals surface area (Å²) in [5, 5.41) is 12.1. The normalized spacial score (nSPS) is 9.64. The van der Waals surface area contributed by atoms with Crippen molar-refractivity contribution in [3.05, 3.63) is 10.0 Å². The topological polar surface area (TPSA) is 54.9 Å². The van der Waals surface area contributed by atoms with Gasteiger partial charge in [0.15, 0.2) is 0 Å². The monoisotopic (exact) mass is 171 g/mol. The summed E-state index contributed by atoms with van der Waals surface area (Å²) >= 11 is 1.49. The highest BCUT2D eigenvalue weighted by Gasteiger charge is 1.99. The summed E-state index contributed by atoms with van der Waals surface area (Å²) in [6.45, 7) is 3.85. The molecule has 0 spiro atoms. The summed E-state index contributed by atoms with van der Waals surface area (Å²) in [5.74, 6) is -0.0437. The SMILES string of the molecule is CC(=O)NCc1nnc(C)s1. The molecule has 0 fully saturated rings. The van der Waals surface area contributed by atoms with Gasteiger partial charge in [-0.05, 0) is 6.92 Å². The van der Waals surface area contributed by atoms with Crippen molar-refractivity contribution in [3.8, 4) is 0 Å². The summed E-state index contributed by atoms with van der Waals surface area (Å²) in [5.41, 5.74) is 0. The minimum atomic E-state index is -0.0437. The van der Waals surface area contributed by atoms with Gasteiger partial charge in [0, 0.05) is 6.92 Å². The average Bonchev–Trinajstić information content (AvgIpc) is 2.31. The van der Waals surface area contributed by atoms with Gasteiger partial charge in [0.2, 0.25) is 5.91 Å². The van der Waals surface area contributed by atoms with Crippen molar-refractivity contribution in [2.45, 2.75) is 20.4 Å². The molecule has 0 saturated carbocycles. The third-order valence-electron chi connectivity index (χ3n) is 1.06. The van der Waals surface area contributed by atoms with Gasteiger partial charge in [0.25, 0.3) is 0 Å². The van der Waals surface area contributed by atoms with Gasteiger partial charge in [0.05, 0.1) is 6.54 Å². The van der Waals surface area contributed by atoms with Gasteiger partial charge >= 0.3 is 0 Å². The number of carbonyl (C=O) groups is 1. The molecular formula is C6H9N3OS. The molecule has 1 aromatic heterocycles. The number of nitrogens with one attached hydrogen (secondary N) is 1. The highest BCUT2D eigenvalue weighted by atomic mass is 32.1. The van der Waals surface area contributed by atoms with E-state index < -0.39 is 0 Å². The number of aromatic nitrogens is 2. The van der Waals surface area contributed by atoms with Crippen molar-refractivity contribution >= 4 is 17.2 Å². The quantitative estimate of drug-likeness (QED) is 0.704. The van der Waals surface area contributed by atoms with E-state index in [-0.39, 0.29) is 5.91 Å². The van der Waals surface area contributed by atoms with Crippen molar-refractivity contribution in [1.82, 2.24) is 15.5 Å². The molecule has 11 heavy (non-hydrogen) atoms. The molecule has 0 bridgehead atoms. The molecule has 0 atom stereocenters. The highest BCUT2D eigenvalue weighted by Crippen LogP contribution is 2.06. The van der Waals surface area contributed by atoms with E-state index in [2.05, 4.69) is 15.5 Å². The van der Waals surface area contributed by atoms with Crippen molar-refractivity contribution in [1.29, 1.82) is 0 Å². The van der Waals surface area contributed by atoms with Crippen LogP contribution in [-0.4, -0.2) is 16.1 Å². The van der Waals surface area contributed by atoms with Crippen LogP contribution in [-0.2, 0) is 11.3 Å². The van der Waals surface area contributed by atoms with Crippen LogP contribution in [0.1, 0.15) is 16.9 Å². The number of nitrogens with zero attached hydrogens (tertiary/aromatic N) is 2. The Hall–Kier alpha value is -0.970. The zero-order valence-corrected chi connectivity index (χ0v) is 7.23. The van der Waals surface area contributed by atoms with Crippen molar-refractivity contribution in [2.24, 2.45) is 0 Å². The van der Waals surface area contributed by atoms with Gasteiger partial charge in [-0.3, -0.25) is 4.79 Å². The van der Waals surface area contributed by atoms with Gasteiger partial charge in [-0.15, -0.1) is 10.2 Å². The molecule has 0 radical (unpaired) electrons. The van der Waals surface area contributed by atoms with Crippen LogP contribution in [0.25, 0.3) is 0 Å². The van der Waals surface area contributed by atoms with Crippen LogP contribution >= 0.6 is 11.3 Å². The molecular weight excluding hydrogens is 162 g/mol. The number of hydrogen-bond acceptors (Lipinski definition) is 4. The van der Waals surface area contributed by atoms with Crippen LogP contribution in [0.4, 0.5) is 0 Å². The molecule has 0 aliphatic rings. The Morgan fingerprint density at radius 2 is 2.36 bits per heavy atom. The van der Waals surface area contributed by atoms with Crippen LogP contribution in [0.3, 0.4) is 0 Å². The Balaban J connectivity index is 2.45. The lowest BCUT2D eigenvalue weighted by Gasteiger charge is -1.94. The molecule has 1 rings (SSSR count). The number of hydrogen-bond donors (Lipinski definition) is 1. The third kappa shape index (κ3) is 2.63. The second-order valence-corrected chi connectivity index (χ2v) is 3.39. The number of rotatable bonds is 2. The lowest BCUT2D eigenvalue weighted by Crippen LogP contribution is -2.18. The molecule has 4 nitrogen and oxygen atoms in total. The summed E-state index contributed by atoms with van der Waals surface area (Å²) in [6, 6.07) is 0. The lowest BCUT2D eigenvalue weighted by atomic mass is 10.6. The van der Waals surface area contributed by atoms with Crippen LogP contribution in [0, 0.1) is 6.92 Å². The maximum Gasteiger partial charge on any atom is 0.217 e. The first-order chi connectivity index (χ1) is 5.18. The smallest absolute Gasteiger partial charge is 0.217 e. The van der Waals surface area contributed by atoms with Gasteiger partial charge in [-0.2, -0.15) is 0 Å². The largest absolute Gasteiger partial charge is 0.350 e. The molecule has 0 saturated heterocycles. The first-order valence-corrected chi connectivity index (χ1v) is 4.03. The standard InChI is InChI=1S/C6H9N3OS/c1-4(10)7-3-6-9-8-5(2)11-6/h3H2,1-2H3,(H,7,10). The Bertz CT molecular complexity index is 258. The van der Waals surface area contributed by atoms with Crippen molar-refractivity contribution in [2.75, 3.05) is 0 Å². The summed E-state index contributed by atoms with van der Waals surface area (Å²) in [7, 11) is 0. The molecule has 0 aromatic carbocycles. The maximum absolute atomic E-state index is 10.5. The molecule has 0 aliphatic carbocycles. The van der Waals surface area contributed by atoms with E-state index in [9.17, 15) is 4.79 Å². The highest BCUT2D eigenvalue weighted by molar-refractivity contribution is 7.11. The summed E-state index contributed by atoms with van der Waals surface area (Å²) < 4.78 is 0.